The van der Waals surface area contributed by atoms with Crippen molar-refractivity contribution in [1.82, 2.24) is 0 Å². The molecule has 0 aliphatic carbocycles. The van der Waals surface area contributed by atoms with Crippen molar-refractivity contribution in [3.63, 3.8) is 0 Å². The first-order chi connectivity index (χ1) is 13.6. The van der Waals surface area contributed by atoms with Crippen molar-refractivity contribution in [2.75, 3.05) is 13.6 Å². The molecule has 2 aliphatic heterocycles. The topological polar surface area (TPSA) is 23.8 Å². The van der Waals surface area contributed by atoms with Crippen LogP contribution in [-0.4, -0.2) is 30.2 Å². The van der Waals surface area contributed by atoms with Gasteiger partial charge in [-0.3, -0.25) is 0 Å². The fraction of sp³-hybridized carbons (Fsp3) is 0.500. The van der Waals surface area contributed by atoms with Gasteiger partial charge in [-0.2, -0.15) is 5.26 Å². The van der Waals surface area contributed by atoms with Crippen molar-refractivity contribution < 1.29 is 21.5 Å². The van der Waals surface area contributed by atoms with E-state index in [1.807, 2.05) is 12.1 Å². The van der Waals surface area contributed by atoms with E-state index in [1.54, 1.807) is 0 Å². The predicted molar refractivity (Wildman–Crippen MR) is 115 cm³/mol. The van der Waals surface area contributed by atoms with E-state index >= 15 is 0 Å². The second-order valence-corrected chi connectivity index (χ2v) is 9.25. The predicted octanol–water partition coefficient (Wildman–Crippen LogP) is 2.69. The average Bonchev–Trinajstić information content (AvgIpc) is 2.90. The van der Waals surface area contributed by atoms with Crippen molar-refractivity contribution in [3.05, 3.63) is 71.8 Å². The first-order valence-corrected chi connectivity index (χ1v) is 11.0. The van der Waals surface area contributed by atoms with Crippen LogP contribution in [0.5, 0.6) is 0 Å². The Hall–Kier alpha value is -1.63. The van der Waals surface area contributed by atoms with Crippen LogP contribution in [0.25, 0.3) is 0 Å². The molecule has 2 saturated heterocycles. The quantitative estimate of drug-likeness (QED) is 0.618. The maximum atomic E-state index is 10.5. The molecule has 29 heavy (non-hydrogen) atoms. The van der Waals surface area contributed by atoms with Crippen LogP contribution >= 0.6 is 0 Å². The van der Waals surface area contributed by atoms with Gasteiger partial charge in [-0.1, -0.05) is 67.6 Å². The lowest BCUT2D eigenvalue weighted by Crippen LogP contribution is -3.00. The van der Waals surface area contributed by atoms with E-state index < -0.39 is 5.41 Å². The summed E-state index contributed by atoms with van der Waals surface area (Å²) in [6, 6.07) is 25.3. The minimum Gasteiger partial charge on any atom is -1.00 e. The van der Waals surface area contributed by atoms with Crippen LogP contribution in [0.15, 0.2) is 60.7 Å². The number of hydrogen-bond acceptors (Lipinski definition) is 1. The van der Waals surface area contributed by atoms with Gasteiger partial charge in [0.2, 0.25) is 0 Å². The van der Waals surface area contributed by atoms with Gasteiger partial charge < -0.3 is 21.5 Å². The summed E-state index contributed by atoms with van der Waals surface area (Å²) in [5.41, 5.74) is 1.75. The molecule has 0 amide bonds. The molecule has 2 aromatic carbocycles. The molecule has 0 aromatic heterocycles. The van der Waals surface area contributed by atoms with Crippen LogP contribution in [0.1, 0.15) is 56.6 Å². The van der Waals surface area contributed by atoms with Crippen LogP contribution in [0.2, 0.25) is 0 Å². The lowest BCUT2D eigenvalue weighted by molar-refractivity contribution is -0.949. The molecule has 0 radical (unpaired) electrons. The molecule has 2 bridgehead atoms. The Kier molecular flexibility index (Phi) is 6.87. The Balaban J connectivity index is 0.00000240. The second kappa shape index (κ2) is 9.02. The SMILES string of the molecule is CCC[N+]1(C)[C@@H]2CC[C@H]1C[C@@H](CC(C#N)(c1ccccc1)c1ccccc1)C2.[Br-]. The highest BCUT2D eigenvalue weighted by Gasteiger charge is 2.52. The minimum atomic E-state index is -0.544. The van der Waals surface area contributed by atoms with Crippen molar-refractivity contribution >= 4 is 0 Å². The molecule has 4 rings (SSSR count). The Bertz CT molecular complexity index is 773. The minimum absolute atomic E-state index is 0. The third-order valence-electron chi connectivity index (χ3n) is 7.74. The molecule has 2 nitrogen and oxygen atoms in total. The summed E-state index contributed by atoms with van der Waals surface area (Å²) in [6.45, 7) is 3.63. The van der Waals surface area contributed by atoms with Gasteiger partial charge in [0.05, 0.1) is 31.7 Å². The van der Waals surface area contributed by atoms with E-state index in [0.29, 0.717) is 5.92 Å². The highest BCUT2D eigenvalue weighted by Crippen LogP contribution is 2.48. The van der Waals surface area contributed by atoms with Crippen molar-refractivity contribution in [1.29, 1.82) is 5.26 Å². The Morgan fingerprint density at radius 2 is 1.41 bits per heavy atom. The molecule has 0 saturated carbocycles. The van der Waals surface area contributed by atoms with E-state index in [0.717, 1.165) is 29.6 Å². The molecule has 2 heterocycles. The maximum absolute atomic E-state index is 10.5. The van der Waals surface area contributed by atoms with Crippen molar-refractivity contribution in [3.8, 4) is 6.07 Å². The highest BCUT2D eigenvalue weighted by atomic mass is 79.9. The number of halogens is 1. The molecular weight excluding hydrogens is 420 g/mol. The fourth-order valence-electron chi connectivity index (χ4n) is 6.32. The van der Waals surface area contributed by atoms with Gasteiger partial charge in [-0.15, -0.1) is 0 Å². The summed E-state index contributed by atoms with van der Waals surface area (Å²) in [6.07, 6.45) is 7.50. The van der Waals surface area contributed by atoms with E-state index in [4.69, 9.17) is 0 Å². The summed E-state index contributed by atoms with van der Waals surface area (Å²) in [5.74, 6) is 0.626. The van der Waals surface area contributed by atoms with Gasteiger partial charge in [0.1, 0.15) is 5.41 Å². The van der Waals surface area contributed by atoms with E-state index in [2.05, 4.69) is 68.6 Å². The summed E-state index contributed by atoms with van der Waals surface area (Å²) in [4.78, 5) is 0. The van der Waals surface area contributed by atoms with E-state index in [-0.39, 0.29) is 17.0 Å². The number of rotatable bonds is 6. The van der Waals surface area contributed by atoms with E-state index in [9.17, 15) is 5.26 Å². The van der Waals surface area contributed by atoms with Gasteiger partial charge in [-0.05, 0) is 29.9 Å². The molecule has 2 aromatic rings. The van der Waals surface area contributed by atoms with Crippen LogP contribution in [0, 0.1) is 17.2 Å². The smallest absolute Gasteiger partial charge is 0.107 e. The largest absolute Gasteiger partial charge is 1.00 e. The summed E-state index contributed by atoms with van der Waals surface area (Å²) in [7, 11) is 2.49. The molecule has 2 aliphatic rings. The molecular formula is C26H33BrN2. The zero-order chi connectivity index (χ0) is 19.6. The summed E-state index contributed by atoms with van der Waals surface area (Å²) < 4.78 is 1.28. The van der Waals surface area contributed by atoms with Gasteiger partial charge in [0.15, 0.2) is 0 Å². The van der Waals surface area contributed by atoms with Crippen molar-refractivity contribution in [2.24, 2.45) is 5.92 Å². The lowest BCUT2D eigenvalue weighted by Gasteiger charge is -2.48. The first kappa shape index (κ1) is 22.1. The number of piperidine rings is 1. The van der Waals surface area contributed by atoms with Gasteiger partial charge in [-0.25, -0.2) is 0 Å². The Morgan fingerprint density at radius 1 is 0.931 bits per heavy atom. The molecule has 4 atom stereocenters. The van der Waals surface area contributed by atoms with Crippen LogP contribution in [0.4, 0.5) is 0 Å². The molecule has 3 heteroatoms. The normalized spacial score (nSPS) is 28.4. The standard InChI is InChI=1S/C26H33N2.BrH/c1-3-16-28(2)24-14-15-25(28)18-21(17-24)19-26(20-27,22-10-6-4-7-11-22)23-12-8-5-9-13-23;/h4-13,21,24-25H,3,14-19H2,1-2H3;1H/q+1;/p-1/t21-,24+,25-,28?;. The molecule has 2 fully saturated rings. The van der Waals surface area contributed by atoms with Crippen LogP contribution in [-0.2, 0) is 5.41 Å². The Labute approximate surface area is 186 Å². The second-order valence-electron chi connectivity index (χ2n) is 9.25. The van der Waals surface area contributed by atoms with Gasteiger partial charge >= 0.3 is 0 Å². The number of hydrogen-bond donors (Lipinski definition) is 0. The Morgan fingerprint density at radius 3 is 1.83 bits per heavy atom. The highest BCUT2D eigenvalue weighted by molar-refractivity contribution is 5.45. The summed E-state index contributed by atoms with van der Waals surface area (Å²) in [5, 5.41) is 10.5. The van der Waals surface area contributed by atoms with Gasteiger partial charge in [0, 0.05) is 25.7 Å². The van der Waals surface area contributed by atoms with Crippen LogP contribution in [0.3, 0.4) is 0 Å². The average molecular weight is 453 g/mol. The third kappa shape index (κ3) is 3.90. The van der Waals surface area contributed by atoms with E-state index in [1.165, 1.54) is 43.1 Å². The lowest BCUT2D eigenvalue weighted by atomic mass is 9.67. The number of benzene rings is 2. The number of fused-ring (bicyclic) bond motifs is 2. The van der Waals surface area contributed by atoms with Crippen LogP contribution < -0.4 is 17.0 Å². The number of nitriles is 1. The molecule has 1 unspecified atom stereocenters. The number of quaternary nitrogens is 1. The fourth-order valence-corrected chi connectivity index (χ4v) is 6.32. The third-order valence-corrected chi connectivity index (χ3v) is 7.74. The first-order valence-electron chi connectivity index (χ1n) is 11.0. The summed E-state index contributed by atoms with van der Waals surface area (Å²) >= 11 is 0. The molecule has 0 N–H and O–H groups in total. The van der Waals surface area contributed by atoms with Gasteiger partial charge in [0.25, 0.3) is 0 Å². The van der Waals surface area contributed by atoms with Crippen molar-refractivity contribution in [2.45, 2.75) is 62.9 Å². The zero-order valence-electron chi connectivity index (χ0n) is 17.7. The molecule has 154 valence electrons. The number of nitrogens with zero attached hydrogens (tertiary/aromatic N) is 2. The molecule has 0 spiro atoms. The maximum Gasteiger partial charge on any atom is 0.107 e. The monoisotopic (exact) mass is 452 g/mol. The zero-order valence-corrected chi connectivity index (χ0v) is 19.3.